The van der Waals surface area contributed by atoms with Crippen LogP contribution in [0.5, 0.6) is 0 Å². The van der Waals surface area contributed by atoms with Gasteiger partial charge in [-0.3, -0.25) is 19.3 Å². The van der Waals surface area contributed by atoms with Gasteiger partial charge in [0.15, 0.2) is 0 Å². The smallest absolute Gasteiger partial charge is 0.242 e. The van der Waals surface area contributed by atoms with E-state index in [4.69, 9.17) is 11.5 Å². The fraction of sp³-hybridized carbons (Fsp3) is 0.727. The quantitative estimate of drug-likeness (QED) is 0.453. The van der Waals surface area contributed by atoms with Gasteiger partial charge < -0.3 is 11.5 Å². The van der Waals surface area contributed by atoms with E-state index in [-0.39, 0.29) is 13.0 Å². The van der Waals surface area contributed by atoms with E-state index in [1.54, 1.807) is 6.92 Å². The molecule has 1 saturated heterocycles. The number of thiol groups is 1. The lowest BCUT2D eigenvalue weighted by atomic mass is 9.89. The summed E-state index contributed by atoms with van der Waals surface area (Å²) >= 11 is 4.42. The molecule has 4 N–H and O–H groups in total. The Bertz CT molecular complexity index is 384. The fourth-order valence-electron chi connectivity index (χ4n) is 2.06. The molecule has 0 spiro atoms. The highest BCUT2D eigenvalue weighted by Crippen LogP contribution is 2.37. The van der Waals surface area contributed by atoms with Crippen molar-refractivity contribution in [1.29, 1.82) is 0 Å². The highest BCUT2D eigenvalue weighted by molar-refractivity contribution is 7.81. The van der Waals surface area contributed by atoms with Crippen LogP contribution in [0.3, 0.4) is 0 Å². The molecule has 0 aromatic carbocycles. The molecule has 0 aromatic rings. The van der Waals surface area contributed by atoms with Crippen LogP contribution in [0.25, 0.3) is 0 Å². The summed E-state index contributed by atoms with van der Waals surface area (Å²) in [6, 6.07) is -1.06. The maximum Gasteiger partial charge on any atom is 0.242 e. The molecular formula is C11H19N3O3S. The van der Waals surface area contributed by atoms with E-state index in [1.807, 2.05) is 6.92 Å². The molecular weight excluding hydrogens is 254 g/mol. The number of carbonyl (C=O) groups excluding carboxylic acids is 3. The van der Waals surface area contributed by atoms with Crippen molar-refractivity contribution in [3.63, 3.8) is 0 Å². The Morgan fingerprint density at radius 1 is 1.61 bits per heavy atom. The van der Waals surface area contributed by atoms with Crippen LogP contribution >= 0.6 is 12.6 Å². The zero-order chi connectivity index (χ0) is 14.1. The standard InChI is InChI=1S/C11H19N3O3S/c1-3-11(2,18)6-4-8(15)14(10(6)17)7(5-12)9(13)16/h6-7,18H,3-5,12H2,1-2H3,(H2,13,16). The normalized spacial score (nSPS) is 25.1. The Balaban J connectivity index is 3.02. The van der Waals surface area contributed by atoms with Crippen LogP contribution in [-0.2, 0) is 14.4 Å². The summed E-state index contributed by atoms with van der Waals surface area (Å²) in [7, 11) is 0. The van der Waals surface area contributed by atoms with Crippen LogP contribution in [0.4, 0.5) is 0 Å². The zero-order valence-corrected chi connectivity index (χ0v) is 11.4. The van der Waals surface area contributed by atoms with Crippen molar-refractivity contribution in [3.8, 4) is 0 Å². The summed E-state index contributed by atoms with van der Waals surface area (Å²) in [6.45, 7) is 3.54. The van der Waals surface area contributed by atoms with Gasteiger partial charge in [0.1, 0.15) is 6.04 Å². The van der Waals surface area contributed by atoms with E-state index in [9.17, 15) is 14.4 Å². The molecule has 0 aromatic heterocycles. The second-order valence-corrected chi connectivity index (χ2v) is 5.74. The molecule has 1 rings (SSSR count). The molecule has 7 heteroatoms. The Morgan fingerprint density at radius 3 is 2.56 bits per heavy atom. The van der Waals surface area contributed by atoms with Crippen molar-refractivity contribution in [2.45, 2.75) is 37.5 Å². The third-order valence-corrected chi connectivity index (χ3v) is 4.14. The molecule has 6 nitrogen and oxygen atoms in total. The molecule has 0 bridgehead atoms. The van der Waals surface area contributed by atoms with Crippen LogP contribution in [0.1, 0.15) is 26.7 Å². The van der Waals surface area contributed by atoms with Crippen molar-refractivity contribution in [2.75, 3.05) is 6.54 Å². The van der Waals surface area contributed by atoms with Gasteiger partial charge >= 0.3 is 0 Å². The highest BCUT2D eigenvalue weighted by Gasteiger charge is 2.49. The fourth-order valence-corrected chi connectivity index (χ4v) is 2.26. The number of rotatable bonds is 5. The monoisotopic (exact) mass is 273 g/mol. The average molecular weight is 273 g/mol. The van der Waals surface area contributed by atoms with Crippen LogP contribution in [-0.4, -0.2) is 40.0 Å². The lowest BCUT2D eigenvalue weighted by molar-refractivity contribution is -0.146. The van der Waals surface area contributed by atoms with E-state index < -0.39 is 34.4 Å². The number of amides is 3. The van der Waals surface area contributed by atoms with E-state index in [2.05, 4.69) is 12.6 Å². The highest BCUT2D eigenvalue weighted by atomic mass is 32.1. The topological polar surface area (TPSA) is 106 Å². The van der Waals surface area contributed by atoms with Gasteiger partial charge in [-0.15, -0.1) is 0 Å². The maximum atomic E-state index is 12.2. The largest absolute Gasteiger partial charge is 0.368 e. The molecule has 0 aliphatic carbocycles. The molecule has 1 aliphatic heterocycles. The van der Waals surface area contributed by atoms with Gasteiger partial charge in [0.05, 0.1) is 5.92 Å². The molecule has 3 amide bonds. The second kappa shape index (κ2) is 5.27. The second-order valence-electron chi connectivity index (χ2n) is 4.72. The number of imide groups is 1. The van der Waals surface area contributed by atoms with Crippen LogP contribution < -0.4 is 11.5 Å². The SMILES string of the molecule is CCC(C)(S)C1CC(=O)N(C(CN)C(N)=O)C1=O. The van der Waals surface area contributed by atoms with Crippen molar-refractivity contribution >= 4 is 30.4 Å². The van der Waals surface area contributed by atoms with Gasteiger partial charge in [0, 0.05) is 17.7 Å². The van der Waals surface area contributed by atoms with E-state index >= 15 is 0 Å². The first-order valence-electron chi connectivity index (χ1n) is 5.84. The van der Waals surface area contributed by atoms with E-state index in [0.29, 0.717) is 6.42 Å². The average Bonchev–Trinajstić information content (AvgIpc) is 2.58. The minimum Gasteiger partial charge on any atom is -0.368 e. The number of primary amides is 1. The summed E-state index contributed by atoms with van der Waals surface area (Å²) in [5.41, 5.74) is 10.6. The minimum absolute atomic E-state index is 0.0520. The minimum atomic E-state index is -1.06. The lowest BCUT2D eigenvalue weighted by Gasteiger charge is -2.28. The van der Waals surface area contributed by atoms with Crippen LogP contribution in [0.15, 0.2) is 0 Å². The number of likely N-dealkylation sites (tertiary alicyclic amines) is 1. The van der Waals surface area contributed by atoms with Crippen molar-refractivity contribution in [1.82, 2.24) is 4.90 Å². The summed E-state index contributed by atoms with van der Waals surface area (Å²) in [6.07, 6.45) is 0.688. The Kier molecular flexibility index (Phi) is 4.39. The predicted octanol–water partition coefficient (Wildman–Crippen LogP) is -0.727. The first-order chi connectivity index (χ1) is 8.26. The van der Waals surface area contributed by atoms with Crippen molar-refractivity contribution in [2.24, 2.45) is 17.4 Å². The Morgan fingerprint density at radius 2 is 2.17 bits per heavy atom. The summed E-state index contributed by atoms with van der Waals surface area (Å²) < 4.78 is -0.585. The van der Waals surface area contributed by atoms with Gasteiger partial charge in [-0.2, -0.15) is 12.6 Å². The molecule has 102 valence electrons. The first-order valence-corrected chi connectivity index (χ1v) is 6.28. The van der Waals surface area contributed by atoms with Gasteiger partial charge in [0.25, 0.3) is 0 Å². The Labute approximate surface area is 111 Å². The Hall–Kier alpha value is -1.08. The van der Waals surface area contributed by atoms with Gasteiger partial charge in [-0.05, 0) is 13.3 Å². The van der Waals surface area contributed by atoms with Gasteiger partial charge in [0.2, 0.25) is 17.7 Å². The zero-order valence-electron chi connectivity index (χ0n) is 10.5. The summed E-state index contributed by atoms with van der Waals surface area (Å²) in [5, 5.41) is 0. The van der Waals surface area contributed by atoms with Crippen LogP contribution in [0, 0.1) is 5.92 Å². The molecule has 0 radical (unpaired) electrons. The van der Waals surface area contributed by atoms with E-state index in [1.165, 1.54) is 0 Å². The number of carbonyl (C=O) groups is 3. The summed E-state index contributed by atoms with van der Waals surface area (Å²) in [5.74, 6) is -2.12. The number of hydrogen-bond donors (Lipinski definition) is 3. The predicted molar refractivity (Wildman–Crippen MR) is 69.7 cm³/mol. The molecule has 3 atom stereocenters. The third kappa shape index (κ3) is 2.51. The maximum absolute atomic E-state index is 12.2. The lowest BCUT2D eigenvalue weighted by Crippen LogP contribution is -2.52. The number of hydrogen-bond acceptors (Lipinski definition) is 5. The number of nitrogens with two attached hydrogens (primary N) is 2. The van der Waals surface area contributed by atoms with Crippen LogP contribution in [0.2, 0.25) is 0 Å². The van der Waals surface area contributed by atoms with Gasteiger partial charge in [-0.25, -0.2) is 0 Å². The third-order valence-electron chi connectivity index (χ3n) is 3.51. The molecule has 1 aliphatic rings. The molecule has 18 heavy (non-hydrogen) atoms. The first kappa shape index (κ1) is 15.0. The van der Waals surface area contributed by atoms with Crippen molar-refractivity contribution in [3.05, 3.63) is 0 Å². The van der Waals surface area contributed by atoms with E-state index in [0.717, 1.165) is 4.90 Å². The molecule has 1 heterocycles. The summed E-state index contributed by atoms with van der Waals surface area (Å²) in [4.78, 5) is 36.2. The number of nitrogens with zero attached hydrogens (tertiary/aromatic N) is 1. The molecule has 1 fully saturated rings. The molecule has 3 unspecified atom stereocenters. The van der Waals surface area contributed by atoms with Crippen molar-refractivity contribution < 1.29 is 14.4 Å². The molecule has 0 saturated carbocycles. The van der Waals surface area contributed by atoms with Gasteiger partial charge in [-0.1, -0.05) is 6.92 Å².